The van der Waals surface area contributed by atoms with Gasteiger partial charge in [-0.15, -0.1) is 0 Å². The van der Waals surface area contributed by atoms with Crippen LogP contribution in [0.15, 0.2) is 24.3 Å². The molecule has 2 atom stereocenters. The van der Waals surface area contributed by atoms with Crippen molar-refractivity contribution in [2.24, 2.45) is 0 Å². The van der Waals surface area contributed by atoms with E-state index in [4.69, 9.17) is 4.74 Å². The number of hydrogen-bond acceptors (Lipinski definition) is 3. The van der Waals surface area contributed by atoms with E-state index in [-0.39, 0.29) is 6.10 Å². The van der Waals surface area contributed by atoms with E-state index in [1.165, 1.54) is 5.56 Å². The maximum atomic E-state index is 9.87. The summed E-state index contributed by atoms with van der Waals surface area (Å²) in [5, 5.41) is 13.1. The van der Waals surface area contributed by atoms with Gasteiger partial charge >= 0.3 is 0 Å². The largest absolute Gasteiger partial charge is 0.488 e. The standard InChI is InChI=1S/C14H21NO2/c1-3-14(2,16)10-15-9-12-8-11-6-4-5-7-13(11)17-12/h4-7,12,15-16H,3,8-10H2,1-2H3. The second-order valence-corrected chi connectivity index (χ2v) is 5.03. The van der Waals surface area contributed by atoms with Gasteiger partial charge in [-0.2, -0.15) is 0 Å². The molecule has 0 saturated heterocycles. The van der Waals surface area contributed by atoms with Gasteiger partial charge in [-0.05, 0) is 25.0 Å². The molecule has 0 radical (unpaired) electrons. The number of nitrogens with one attached hydrogen (secondary N) is 1. The van der Waals surface area contributed by atoms with Gasteiger partial charge in [-0.1, -0.05) is 25.1 Å². The first-order chi connectivity index (χ1) is 8.11. The predicted octanol–water partition coefficient (Wildman–Crippen LogP) is 1.74. The molecule has 1 aliphatic rings. The van der Waals surface area contributed by atoms with Crippen LogP contribution in [0, 0.1) is 0 Å². The highest BCUT2D eigenvalue weighted by atomic mass is 16.5. The van der Waals surface area contributed by atoms with Gasteiger partial charge < -0.3 is 15.2 Å². The van der Waals surface area contributed by atoms with E-state index < -0.39 is 5.60 Å². The molecule has 2 rings (SSSR count). The normalized spacial score (nSPS) is 21.7. The van der Waals surface area contributed by atoms with Crippen LogP contribution in [0.4, 0.5) is 0 Å². The zero-order valence-electron chi connectivity index (χ0n) is 10.6. The quantitative estimate of drug-likeness (QED) is 0.817. The molecule has 2 N–H and O–H groups in total. The Morgan fingerprint density at radius 3 is 2.94 bits per heavy atom. The summed E-state index contributed by atoms with van der Waals surface area (Å²) in [5.74, 6) is 1.00. The van der Waals surface area contributed by atoms with E-state index >= 15 is 0 Å². The molecule has 3 heteroatoms. The monoisotopic (exact) mass is 235 g/mol. The Morgan fingerprint density at radius 1 is 1.47 bits per heavy atom. The number of ether oxygens (including phenoxy) is 1. The number of hydrogen-bond donors (Lipinski definition) is 2. The van der Waals surface area contributed by atoms with E-state index in [9.17, 15) is 5.11 Å². The third-order valence-corrected chi connectivity index (χ3v) is 3.35. The Kier molecular flexibility index (Phi) is 3.69. The molecular formula is C14H21NO2. The Balaban J connectivity index is 1.77. The number of benzene rings is 1. The highest BCUT2D eigenvalue weighted by Gasteiger charge is 2.23. The fourth-order valence-corrected chi connectivity index (χ4v) is 2.00. The lowest BCUT2D eigenvalue weighted by molar-refractivity contribution is 0.0534. The van der Waals surface area contributed by atoms with E-state index in [1.807, 2.05) is 32.0 Å². The Labute approximate surface area is 103 Å². The summed E-state index contributed by atoms with van der Waals surface area (Å²) in [5.41, 5.74) is 0.660. The number of para-hydroxylation sites is 1. The van der Waals surface area contributed by atoms with Crippen LogP contribution in [0.2, 0.25) is 0 Å². The third kappa shape index (κ3) is 3.20. The average molecular weight is 235 g/mol. The molecule has 17 heavy (non-hydrogen) atoms. The maximum Gasteiger partial charge on any atom is 0.123 e. The third-order valence-electron chi connectivity index (χ3n) is 3.35. The SMILES string of the molecule is CCC(C)(O)CNCC1Cc2ccccc2O1. The molecule has 2 unspecified atom stereocenters. The van der Waals surface area contributed by atoms with Gasteiger partial charge in [0, 0.05) is 19.5 Å². The van der Waals surface area contributed by atoms with Gasteiger partial charge in [-0.25, -0.2) is 0 Å². The first-order valence-corrected chi connectivity index (χ1v) is 6.28. The number of fused-ring (bicyclic) bond motifs is 1. The zero-order chi connectivity index (χ0) is 12.3. The van der Waals surface area contributed by atoms with Crippen LogP contribution < -0.4 is 10.1 Å². The smallest absolute Gasteiger partial charge is 0.123 e. The van der Waals surface area contributed by atoms with Crippen molar-refractivity contribution in [3.8, 4) is 5.75 Å². The molecule has 0 fully saturated rings. The molecule has 0 bridgehead atoms. The van der Waals surface area contributed by atoms with Gasteiger partial charge in [0.25, 0.3) is 0 Å². The Bertz CT molecular complexity index is 351. The maximum absolute atomic E-state index is 9.87. The van der Waals surface area contributed by atoms with E-state index in [1.54, 1.807) is 0 Å². The van der Waals surface area contributed by atoms with Crippen LogP contribution in [0.5, 0.6) is 5.75 Å². The molecule has 0 amide bonds. The van der Waals surface area contributed by atoms with Crippen molar-refractivity contribution in [2.75, 3.05) is 13.1 Å². The van der Waals surface area contributed by atoms with Crippen molar-refractivity contribution in [2.45, 2.75) is 38.4 Å². The molecule has 1 aromatic rings. The summed E-state index contributed by atoms with van der Waals surface area (Å²) >= 11 is 0. The topological polar surface area (TPSA) is 41.5 Å². The molecule has 0 aromatic heterocycles. The first-order valence-electron chi connectivity index (χ1n) is 6.28. The summed E-state index contributed by atoms with van der Waals surface area (Å²) in [6, 6.07) is 8.16. The van der Waals surface area contributed by atoms with Crippen molar-refractivity contribution in [3.63, 3.8) is 0 Å². The Morgan fingerprint density at radius 2 is 2.24 bits per heavy atom. The van der Waals surface area contributed by atoms with Gasteiger partial charge in [-0.3, -0.25) is 0 Å². The van der Waals surface area contributed by atoms with Crippen molar-refractivity contribution in [3.05, 3.63) is 29.8 Å². The Hall–Kier alpha value is -1.06. The fourth-order valence-electron chi connectivity index (χ4n) is 2.00. The highest BCUT2D eigenvalue weighted by molar-refractivity contribution is 5.37. The van der Waals surface area contributed by atoms with Gasteiger partial charge in [0.1, 0.15) is 11.9 Å². The second kappa shape index (κ2) is 5.07. The van der Waals surface area contributed by atoms with Crippen LogP contribution in [-0.2, 0) is 6.42 Å². The van der Waals surface area contributed by atoms with Crippen LogP contribution in [0.3, 0.4) is 0 Å². The number of aliphatic hydroxyl groups is 1. The first kappa shape index (κ1) is 12.4. The lowest BCUT2D eigenvalue weighted by atomic mass is 10.0. The van der Waals surface area contributed by atoms with Crippen LogP contribution in [0.1, 0.15) is 25.8 Å². The minimum Gasteiger partial charge on any atom is -0.488 e. The number of rotatable bonds is 5. The zero-order valence-corrected chi connectivity index (χ0v) is 10.6. The molecule has 94 valence electrons. The summed E-state index contributed by atoms with van der Waals surface area (Å²) < 4.78 is 5.81. The van der Waals surface area contributed by atoms with Crippen LogP contribution >= 0.6 is 0 Å². The van der Waals surface area contributed by atoms with Crippen molar-refractivity contribution < 1.29 is 9.84 Å². The van der Waals surface area contributed by atoms with Gasteiger partial charge in [0.2, 0.25) is 0 Å². The van der Waals surface area contributed by atoms with E-state index in [2.05, 4.69) is 11.4 Å². The molecule has 3 nitrogen and oxygen atoms in total. The minimum absolute atomic E-state index is 0.194. The molecule has 0 aliphatic carbocycles. The average Bonchev–Trinajstić information content (AvgIpc) is 2.71. The van der Waals surface area contributed by atoms with Crippen molar-refractivity contribution in [1.29, 1.82) is 0 Å². The molecule has 1 aliphatic heterocycles. The fraction of sp³-hybridized carbons (Fsp3) is 0.571. The summed E-state index contributed by atoms with van der Waals surface area (Å²) in [6.07, 6.45) is 1.91. The van der Waals surface area contributed by atoms with Gasteiger partial charge in [0.05, 0.1) is 5.60 Å². The summed E-state index contributed by atoms with van der Waals surface area (Å²) in [6.45, 7) is 5.23. The van der Waals surface area contributed by atoms with Gasteiger partial charge in [0.15, 0.2) is 0 Å². The second-order valence-electron chi connectivity index (χ2n) is 5.03. The van der Waals surface area contributed by atoms with E-state index in [0.29, 0.717) is 6.54 Å². The highest BCUT2D eigenvalue weighted by Crippen LogP contribution is 2.27. The predicted molar refractivity (Wildman–Crippen MR) is 68.3 cm³/mol. The van der Waals surface area contributed by atoms with Crippen LogP contribution in [0.25, 0.3) is 0 Å². The molecular weight excluding hydrogens is 214 g/mol. The lowest BCUT2D eigenvalue weighted by Gasteiger charge is -2.22. The van der Waals surface area contributed by atoms with Crippen molar-refractivity contribution in [1.82, 2.24) is 5.32 Å². The summed E-state index contributed by atoms with van der Waals surface area (Å²) in [4.78, 5) is 0. The van der Waals surface area contributed by atoms with E-state index in [0.717, 1.165) is 25.1 Å². The summed E-state index contributed by atoms with van der Waals surface area (Å²) in [7, 11) is 0. The molecule has 1 heterocycles. The minimum atomic E-state index is -0.620. The lowest BCUT2D eigenvalue weighted by Crippen LogP contribution is -2.41. The molecule has 1 aromatic carbocycles. The molecule has 0 saturated carbocycles. The van der Waals surface area contributed by atoms with Crippen molar-refractivity contribution >= 4 is 0 Å². The molecule has 0 spiro atoms. The van der Waals surface area contributed by atoms with Crippen LogP contribution in [-0.4, -0.2) is 29.9 Å².